The second-order valence-corrected chi connectivity index (χ2v) is 5.55. The molecule has 1 rings (SSSR count). The first kappa shape index (κ1) is 13.2. The predicted molar refractivity (Wildman–Crippen MR) is 62.7 cm³/mol. The van der Waals surface area contributed by atoms with Gasteiger partial charge in [0.15, 0.2) is 0 Å². The van der Waals surface area contributed by atoms with E-state index in [0.29, 0.717) is 0 Å². The van der Waals surface area contributed by atoms with Crippen LogP contribution in [0.3, 0.4) is 0 Å². The van der Waals surface area contributed by atoms with Gasteiger partial charge in [-0.05, 0) is 25.1 Å². The average molecular weight is 265 g/mol. The molecule has 90 valence electrons. The van der Waals surface area contributed by atoms with Crippen LogP contribution in [0.15, 0.2) is 23.1 Å². The van der Waals surface area contributed by atoms with E-state index in [9.17, 15) is 8.42 Å². The fourth-order valence-corrected chi connectivity index (χ4v) is 2.56. The smallest absolute Gasteiger partial charge is 0.242 e. The first-order valence-electron chi connectivity index (χ1n) is 4.55. The number of halogens is 1. The Kier molecular flexibility index (Phi) is 4.15. The van der Waals surface area contributed by atoms with Crippen molar-refractivity contribution in [2.45, 2.75) is 17.9 Å². The highest BCUT2D eigenvalue weighted by Crippen LogP contribution is 2.22. The van der Waals surface area contributed by atoms with Gasteiger partial charge in [0.2, 0.25) is 10.0 Å². The van der Waals surface area contributed by atoms with E-state index in [2.05, 4.69) is 4.72 Å². The normalized spacial score (nSPS) is 13.7. The maximum Gasteiger partial charge on any atom is 0.242 e. The number of aliphatic hydroxyl groups excluding tert-OH is 1. The summed E-state index contributed by atoms with van der Waals surface area (Å²) in [5.41, 5.74) is 5.66. The zero-order chi connectivity index (χ0) is 12.3. The molecule has 0 aromatic heterocycles. The molecule has 1 aromatic rings. The number of nitrogens with one attached hydrogen (secondary N) is 1. The lowest BCUT2D eigenvalue weighted by Crippen LogP contribution is -2.31. The van der Waals surface area contributed by atoms with Crippen molar-refractivity contribution in [1.29, 1.82) is 0 Å². The van der Waals surface area contributed by atoms with Gasteiger partial charge in [0.25, 0.3) is 0 Å². The summed E-state index contributed by atoms with van der Waals surface area (Å²) in [5, 5.41) is 9.29. The minimum absolute atomic E-state index is 0.0751. The lowest BCUT2D eigenvalue weighted by atomic mass is 10.3. The van der Waals surface area contributed by atoms with Crippen molar-refractivity contribution in [3.05, 3.63) is 23.2 Å². The maximum atomic E-state index is 11.7. The lowest BCUT2D eigenvalue weighted by Gasteiger charge is -2.10. The van der Waals surface area contributed by atoms with Crippen LogP contribution < -0.4 is 10.5 Å². The topological polar surface area (TPSA) is 92.4 Å². The fourth-order valence-electron chi connectivity index (χ4n) is 1.05. The van der Waals surface area contributed by atoms with E-state index in [1.165, 1.54) is 25.1 Å². The highest BCUT2D eigenvalue weighted by atomic mass is 35.5. The summed E-state index contributed by atoms with van der Waals surface area (Å²) < 4.78 is 25.7. The third kappa shape index (κ3) is 3.34. The Labute approximate surface area is 99.3 Å². The first-order chi connectivity index (χ1) is 7.33. The van der Waals surface area contributed by atoms with Gasteiger partial charge in [-0.15, -0.1) is 0 Å². The standard InChI is InChI=1S/C9H13ClN2O3S/c1-6(13)5-12-16(14,15)9-4-7(10)2-3-8(9)11/h2-4,6,12-13H,5,11H2,1H3/t6-/m1/s1. The SMILES string of the molecule is C[C@@H](O)CNS(=O)(=O)c1cc(Cl)ccc1N. The Balaban J connectivity index is 3.02. The number of nitrogen functional groups attached to an aromatic ring is 1. The Morgan fingerprint density at radius 3 is 2.75 bits per heavy atom. The van der Waals surface area contributed by atoms with E-state index < -0.39 is 16.1 Å². The molecule has 0 aliphatic heterocycles. The monoisotopic (exact) mass is 264 g/mol. The number of rotatable bonds is 4. The zero-order valence-corrected chi connectivity index (χ0v) is 10.2. The molecule has 0 unspecified atom stereocenters. The average Bonchev–Trinajstić information content (AvgIpc) is 2.19. The summed E-state index contributed by atoms with van der Waals surface area (Å²) in [5.74, 6) is 0. The number of anilines is 1. The molecule has 0 saturated heterocycles. The number of benzene rings is 1. The third-order valence-electron chi connectivity index (χ3n) is 1.83. The Bertz CT molecular complexity index is 474. The summed E-state index contributed by atoms with van der Waals surface area (Å²) in [4.78, 5) is -0.0827. The van der Waals surface area contributed by atoms with E-state index in [0.717, 1.165) is 0 Å². The van der Waals surface area contributed by atoms with Crippen LogP contribution in [0.25, 0.3) is 0 Å². The Morgan fingerprint density at radius 1 is 1.56 bits per heavy atom. The molecule has 0 aliphatic rings. The highest BCUT2D eigenvalue weighted by molar-refractivity contribution is 7.89. The number of hydrogen-bond acceptors (Lipinski definition) is 4. The molecule has 1 aromatic carbocycles. The van der Waals surface area contributed by atoms with Gasteiger partial charge in [-0.2, -0.15) is 0 Å². The van der Waals surface area contributed by atoms with Crippen molar-refractivity contribution < 1.29 is 13.5 Å². The van der Waals surface area contributed by atoms with Crippen LogP contribution in [-0.4, -0.2) is 26.2 Å². The summed E-state index contributed by atoms with van der Waals surface area (Å²) in [6, 6.07) is 4.19. The second-order valence-electron chi connectivity index (χ2n) is 3.38. The number of nitrogens with two attached hydrogens (primary N) is 1. The van der Waals surface area contributed by atoms with Gasteiger partial charge in [0.05, 0.1) is 11.8 Å². The van der Waals surface area contributed by atoms with Gasteiger partial charge in [-0.3, -0.25) is 0 Å². The van der Waals surface area contributed by atoms with E-state index in [1.54, 1.807) is 0 Å². The molecule has 4 N–H and O–H groups in total. The number of hydrogen-bond donors (Lipinski definition) is 3. The van der Waals surface area contributed by atoms with Crippen molar-refractivity contribution >= 4 is 27.3 Å². The summed E-state index contributed by atoms with van der Waals surface area (Å²) >= 11 is 5.69. The minimum Gasteiger partial charge on any atom is -0.398 e. The van der Waals surface area contributed by atoms with E-state index in [1.807, 2.05) is 0 Å². The molecule has 0 aliphatic carbocycles. The molecule has 0 saturated carbocycles. The van der Waals surface area contributed by atoms with E-state index in [4.69, 9.17) is 22.4 Å². The molecular weight excluding hydrogens is 252 g/mol. The Morgan fingerprint density at radius 2 is 2.19 bits per heavy atom. The number of sulfonamides is 1. The molecule has 0 bridgehead atoms. The van der Waals surface area contributed by atoms with Gasteiger partial charge < -0.3 is 10.8 Å². The van der Waals surface area contributed by atoms with Crippen molar-refractivity contribution in [3.63, 3.8) is 0 Å². The van der Waals surface area contributed by atoms with Gasteiger partial charge in [-0.1, -0.05) is 11.6 Å². The second kappa shape index (κ2) is 5.01. The van der Waals surface area contributed by atoms with Crippen molar-refractivity contribution in [2.24, 2.45) is 0 Å². The van der Waals surface area contributed by atoms with Crippen LogP contribution in [0.1, 0.15) is 6.92 Å². The molecule has 0 fully saturated rings. The highest BCUT2D eigenvalue weighted by Gasteiger charge is 2.17. The quantitative estimate of drug-likeness (QED) is 0.694. The van der Waals surface area contributed by atoms with Gasteiger partial charge >= 0.3 is 0 Å². The van der Waals surface area contributed by atoms with Gasteiger partial charge in [0.1, 0.15) is 4.90 Å². The van der Waals surface area contributed by atoms with Crippen LogP contribution in [0, 0.1) is 0 Å². The predicted octanol–water partition coefficient (Wildman–Crippen LogP) is 0.581. The molecule has 1 atom stereocenters. The van der Waals surface area contributed by atoms with Gasteiger partial charge in [-0.25, -0.2) is 13.1 Å². The summed E-state index contributed by atoms with van der Waals surface area (Å²) in [6.45, 7) is 1.40. The van der Waals surface area contributed by atoms with Crippen LogP contribution in [-0.2, 0) is 10.0 Å². The molecule has 0 amide bonds. The minimum atomic E-state index is -3.73. The lowest BCUT2D eigenvalue weighted by molar-refractivity contribution is 0.198. The summed E-state index contributed by atoms with van der Waals surface area (Å²) in [6.07, 6.45) is -0.768. The molecule has 7 heteroatoms. The maximum absolute atomic E-state index is 11.7. The van der Waals surface area contributed by atoms with Crippen LogP contribution >= 0.6 is 11.6 Å². The van der Waals surface area contributed by atoms with Crippen molar-refractivity contribution in [3.8, 4) is 0 Å². The zero-order valence-electron chi connectivity index (χ0n) is 8.64. The number of aliphatic hydroxyl groups is 1. The van der Waals surface area contributed by atoms with Crippen LogP contribution in [0.2, 0.25) is 5.02 Å². The first-order valence-corrected chi connectivity index (χ1v) is 6.42. The van der Waals surface area contributed by atoms with Crippen molar-refractivity contribution in [2.75, 3.05) is 12.3 Å². The van der Waals surface area contributed by atoms with E-state index in [-0.39, 0.29) is 22.2 Å². The molecule has 0 radical (unpaired) electrons. The molecule has 16 heavy (non-hydrogen) atoms. The van der Waals surface area contributed by atoms with Crippen LogP contribution in [0.4, 0.5) is 5.69 Å². The van der Waals surface area contributed by atoms with Gasteiger partial charge in [0, 0.05) is 11.6 Å². The summed E-state index contributed by atoms with van der Waals surface area (Å²) in [7, 11) is -3.73. The molecule has 5 nitrogen and oxygen atoms in total. The van der Waals surface area contributed by atoms with Crippen LogP contribution in [0.5, 0.6) is 0 Å². The molecule has 0 heterocycles. The Hall–Kier alpha value is -0.820. The largest absolute Gasteiger partial charge is 0.398 e. The molecular formula is C9H13ClN2O3S. The van der Waals surface area contributed by atoms with Crippen molar-refractivity contribution in [1.82, 2.24) is 4.72 Å². The van der Waals surface area contributed by atoms with E-state index >= 15 is 0 Å². The third-order valence-corrected chi connectivity index (χ3v) is 3.55. The fraction of sp³-hybridized carbons (Fsp3) is 0.333. The molecule has 0 spiro atoms.